The summed E-state index contributed by atoms with van der Waals surface area (Å²) < 4.78 is 0. The predicted molar refractivity (Wildman–Crippen MR) is 109 cm³/mol. The van der Waals surface area contributed by atoms with E-state index in [1.54, 1.807) is 0 Å². The van der Waals surface area contributed by atoms with Crippen LogP contribution < -0.4 is 5.32 Å². The van der Waals surface area contributed by atoms with Crippen LogP contribution in [0.2, 0.25) is 0 Å². The van der Waals surface area contributed by atoms with Crippen molar-refractivity contribution in [1.29, 1.82) is 0 Å². The van der Waals surface area contributed by atoms with E-state index in [0.717, 1.165) is 24.9 Å². The Morgan fingerprint density at radius 2 is 1.81 bits per heavy atom. The molecule has 0 aromatic heterocycles. The molecule has 3 rings (SSSR count). The van der Waals surface area contributed by atoms with Crippen molar-refractivity contribution in [2.75, 3.05) is 13.6 Å². The van der Waals surface area contributed by atoms with Crippen molar-refractivity contribution >= 4 is 5.91 Å². The quantitative estimate of drug-likeness (QED) is 0.826. The molecule has 0 spiro atoms. The maximum atomic E-state index is 12.5. The van der Waals surface area contributed by atoms with Crippen molar-refractivity contribution in [3.05, 3.63) is 70.8 Å². The predicted octanol–water partition coefficient (Wildman–Crippen LogP) is 3.18. The van der Waals surface area contributed by atoms with Gasteiger partial charge in [-0.1, -0.05) is 36.4 Å². The first-order valence-corrected chi connectivity index (χ1v) is 9.68. The van der Waals surface area contributed by atoms with E-state index in [2.05, 4.69) is 41.5 Å². The summed E-state index contributed by atoms with van der Waals surface area (Å²) in [5.41, 5.74) is 3.91. The van der Waals surface area contributed by atoms with Gasteiger partial charge in [0.1, 0.15) is 0 Å². The van der Waals surface area contributed by atoms with Gasteiger partial charge >= 0.3 is 0 Å². The Balaban J connectivity index is 1.53. The molecule has 0 saturated heterocycles. The first kappa shape index (κ1) is 19.6. The maximum Gasteiger partial charge on any atom is 0.251 e. The second-order valence-electron chi connectivity index (χ2n) is 8.26. The number of benzene rings is 2. The molecule has 1 aliphatic heterocycles. The third kappa shape index (κ3) is 5.41. The Morgan fingerprint density at radius 1 is 1.15 bits per heavy atom. The van der Waals surface area contributed by atoms with Gasteiger partial charge in [0.25, 0.3) is 5.91 Å². The normalized spacial score (nSPS) is 17.4. The fourth-order valence-electron chi connectivity index (χ4n) is 3.53. The smallest absolute Gasteiger partial charge is 0.251 e. The number of fused-ring (bicyclic) bond motifs is 1. The van der Waals surface area contributed by atoms with Crippen LogP contribution in [-0.2, 0) is 19.4 Å². The minimum absolute atomic E-state index is 0.0312. The Bertz CT molecular complexity index is 778. The molecule has 0 unspecified atom stereocenters. The lowest BCUT2D eigenvalue weighted by Crippen LogP contribution is -2.45. The zero-order valence-electron chi connectivity index (χ0n) is 16.5. The van der Waals surface area contributed by atoms with Crippen LogP contribution in [0.3, 0.4) is 0 Å². The van der Waals surface area contributed by atoms with Crippen LogP contribution in [-0.4, -0.2) is 41.1 Å². The van der Waals surface area contributed by atoms with Crippen LogP contribution in [0.25, 0.3) is 0 Å². The third-order valence-corrected chi connectivity index (χ3v) is 5.36. The van der Waals surface area contributed by atoms with Crippen molar-refractivity contribution in [1.82, 2.24) is 10.2 Å². The monoisotopic (exact) mass is 366 g/mol. The lowest BCUT2D eigenvalue weighted by molar-refractivity contribution is 0.0713. The summed E-state index contributed by atoms with van der Waals surface area (Å²) in [7, 11) is 2.12. The van der Waals surface area contributed by atoms with Crippen LogP contribution in [0.15, 0.2) is 48.5 Å². The summed E-state index contributed by atoms with van der Waals surface area (Å²) in [5, 5.41) is 12.9. The summed E-state index contributed by atoms with van der Waals surface area (Å²) in [6.07, 6.45) is 2.47. The lowest BCUT2D eigenvalue weighted by Gasteiger charge is -2.34. The van der Waals surface area contributed by atoms with Crippen LogP contribution in [0.4, 0.5) is 0 Å². The highest BCUT2D eigenvalue weighted by atomic mass is 16.3. The second kappa shape index (κ2) is 8.24. The van der Waals surface area contributed by atoms with E-state index in [0.29, 0.717) is 24.6 Å². The molecule has 144 valence electrons. The van der Waals surface area contributed by atoms with Crippen molar-refractivity contribution in [3.63, 3.8) is 0 Å². The number of hydrogen-bond donors (Lipinski definition) is 2. The average Bonchev–Trinajstić information content (AvgIpc) is 2.64. The highest BCUT2D eigenvalue weighted by Crippen LogP contribution is 2.21. The molecule has 4 nitrogen and oxygen atoms in total. The molecule has 2 N–H and O–H groups in total. The molecule has 0 saturated carbocycles. The zero-order valence-corrected chi connectivity index (χ0v) is 16.5. The van der Waals surface area contributed by atoms with E-state index in [9.17, 15) is 9.90 Å². The van der Waals surface area contributed by atoms with Crippen molar-refractivity contribution in [2.24, 2.45) is 0 Å². The minimum Gasteiger partial charge on any atom is -0.390 e. The van der Waals surface area contributed by atoms with Crippen LogP contribution in [0.1, 0.15) is 47.3 Å². The highest BCUT2D eigenvalue weighted by molar-refractivity contribution is 5.94. The highest BCUT2D eigenvalue weighted by Gasteiger charge is 2.23. The standard InChI is InChI=1S/C23H30N2O2/c1-23(2,27)13-12-17-8-10-18(11-9-17)22(26)24-15-21-14-19-6-4-5-7-20(19)16-25(21)3/h4-11,21,27H,12-16H2,1-3H3,(H,24,26)/t21-/m0/s1. The number of carbonyl (C=O) groups excluding carboxylic acids is 1. The average molecular weight is 367 g/mol. The summed E-state index contributed by atoms with van der Waals surface area (Å²) >= 11 is 0. The van der Waals surface area contributed by atoms with Gasteiger partial charge in [-0.2, -0.15) is 0 Å². The fraction of sp³-hybridized carbons (Fsp3) is 0.435. The Hall–Kier alpha value is -2.17. The molecule has 4 heteroatoms. The number of aryl methyl sites for hydroxylation is 1. The molecule has 2 aromatic carbocycles. The van der Waals surface area contributed by atoms with Gasteiger partial charge in [0.15, 0.2) is 0 Å². The number of aliphatic hydroxyl groups is 1. The van der Waals surface area contributed by atoms with Crippen molar-refractivity contribution < 1.29 is 9.90 Å². The largest absolute Gasteiger partial charge is 0.390 e. The maximum absolute atomic E-state index is 12.5. The molecule has 1 aliphatic rings. The third-order valence-electron chi connectivity index (χ3n) is 5.36. The van der Waals surface area contributed by atoms with Gasteiger partial charge in [-0.3, -0.25) is 9.69 Å². The summed E-state index contributed by atoms with van der Waals surface area (Å²) in [4.78, 5) is 14.8. The first-order chi connectivity index (χ1) is 12.8. The number of hydrogen-bond acceptors (Lipinski definition) is 3. The molecule has 27 heavy (non-hydrogen) atoms. The number of nitrogens with zero attached hydrogens (tertiary/aromatic N) is 1. The first-order valence-electron chi connectivity index (χ1n) is 9.68. The lowest BCUT2D eigenvalue weighted by atomic mass is 9.94. The molecule has 0 bridgehead atoms. The Kier molecular flexibility index (Phi) is 5.98. The zero-order chi connectivity index (χ0) is 19.4. The molecule has 2 aromatic rings. The Labute approximate surface area is 162 Å². The molecule has 0 radical (unpaired) electrons. The summed E-state index contributed by atoms with van der Waals surface area (Å²) in [5.74, 6) is -0.0312. The van der Waals surface area contributed by atoms with Gasteiger partial charge in [-0.25, -0.2) is 0 Å². The van der Waals surface area contributed by atoms with E-state index >= 15 is 0 Å². The van der Waals surface area contributed by atoms with E-state index in [1.807, 2.05) is 38.1 Å². The number of rotatable bonds is 6. The van der Waals surface area contributed by atoms with Gasteiger partial charge in [-0.05, 0) is 69.0 Å². The van der Waals surface area contributed by atoms with E-state index in [1.165, 1.54) is 11.1 Å². The number of amides is 1. The summed E-state index contributed by atoms with van der Waals surface area (Å²) in [6, 6.07) is 16.5. The number of nitrogens with one attached hydrogen (secondary N) is 1. The van der Waals surface area contributed by atoms with Crippen molar-refractivity contribution in [3.8, 4) is 0 Å². The van der Waals surface area contributed by atoms with E-state index in [4.69, 9.17) is 0 Å². The number of likely N-dealkylation sites (N-methyl/N-ethyl adjacent to an activating group) is 1. The summed E-state index contributed by atoms with van der Waals surface area (Å²) in [6.45, 7) is 5.20. The molecule has 1 atom stereocenters. The molecular formula is C23H30N2O2. The second-order valence-corrected chi connectivity index (χ2v) is 8.26. The molecule has 1 heterocycles. The van der Waals surface area contributed by atoms with Gasteiger partial charge in [0.2, 0.25) is 0 Å². The Morgan fingerprint density at radius 3 is 2.48 bits per heavy atom. The van der Waals surface area contributed by atoms with Gasteiger partial charge in [0.05, 0.1) is 5.60 Å². The molecular weight excluding hydrogens is 336 g/mol. The van der Waals surface area contributed by atoms with Crippen LogP contribution >= 0.6 is 0 Å². The van der Waals surface area contributed by atoms with Crippen molar-refractivity contribution in [2.45, 2.75) is 51.3 Å². The minimum atomic E-state index is -0.666. The molecule has 0 aliphatic carbocycles. The SMILES string of the molecule is CN1Cc2ccccc2C[C@H]1CNC(=O)c1ccc(CCC(C)(C)O)cc1. The number of carbonyl (C=O) groups is 1. The fourth-order valence-corrected chi connectivity index (χ4v) is 3.53. The van der Waals surface area contributed by atoms with E-state index in [-0.39, 0.29) is 5.91 Å². The van der Waals surface area contributed by atoms with Crippen LogP contribution in [0.5, 0.6) is 0 Å². The topological polar surface area (TPSA) is 52.6 Å². The van der Waals surface area contributed by atoms with Gasteiger partial charge in [0, 0.05) is 24.7 Å². The molecule has 0 fully saturated rings. The van der Waals surface area contributed by atoms with Crippen LogP contribution in [0, 0.1) is 0 Å². The molecule has 1 amide bonds. The van der Waals surface area contributed by atoms with Gasteiger partial charge in [-0.15, -0.1) is 0 Å². The van der Waals surface area contributed by atoms with E-state index < -0.39 is 5.60 Å². The van der Waals surface area contributed by atoms with Gasteiger partial charge < -0.3 is 10.4 Å².